The number of carbonyl (C=O) groups is 1. The van der Waals surface area contributed by atoms with Gasteiger partial charge in [0.15, 0.2) is 0 Å². The minimum atomic E-state index is -0.465. The minimum Gasteiger partial charge on any atom is -0.462 e. The van der Waals surface area contributed by atoms with Crippen LogP contribution in [0.2, 0.25) is 0 Å². The first-order valence-electron chi connectivity index (χ1n) is 5.93. The number of nitrogens with zero attached hydrogens (tertiary/aromatic N) is 1. The van der Waals surface area contributed by atoms with Crippen LogP contribution in [0.25, 0.3) is 0 Å². The van der Waals surface area contributed by atoms with Crippen molar-refractivity contribution in [2.45, 2.75) is 19.8 Å². The van der Waals surface area contributed by atoms with E-state index >= 15 is 0 Å². The van der Waals surface area contributed by atoms with Crippen molar-refractivity contribution in [2.75, 3.05) is 24.6 Å². The van der Waals surface area contributed by atoms with Crippen LogP contribution >= 0.6 is 0 Å². The number of anilines is 1. The summed E-state index contributed by atoms with van der Waals surface area (Å²) in [6, 6.07) is 4.39. The van der Waals surface area contributed by atoms with E-state index in [2.05, 4.69) is 4.90 Å². The Bertz CT molecular complexity index is 414. The van der Waals surface area contributed by atoms with Gasteiger partial charge in [0, 0.05) is 18.8 Å². The minimum absolute atomic E-state index is 0.286. The molecule has 1 aromatic carbocycles. The van der Waals surface area contributed by atoms with E-state index in [1.165, 1.54) is 12.1 Å². The van der Waals surface area contributed by atoms with Crippen LogP contribution in [-0.2, 0) is 4.74 Å². The number of benzene rings is 1. The number of hydrogen-bond acceptors (Lipinski definition) is 3. The summed E-state index contributed by atoms with van der Waals surface area (Å²) < 4.78 is 18.3. The smallest absolute Gasteiger partial charge is 0.338 e. The summed E-state index contributed by atoms with van der Waals surface area (Å²) in [7, 11) is 0. The molecule has 1 fully saturated rings. The van der Waals surface area contributed by atoms with Gasteiger partial charge in [-0.3, -0.25) is 0 Å². The predicted molar refractivity (Wildman–Crippen MR) is 63.8 cm³/mol. The average molecular weight is 237 g/mol. The van der Waals surface area contributed by atoms with E-state index in [-0.39, 0.29) is 5.56 Å². The Hall–Kier alpha value is -1.58. The monoisotopic (exact) mass is 237 g/mol. The van der Waals surface area contributed by atoms with Crippen molar-refractivity contribution in [3.05, 3.63) is 29.6 Å². The van der Waals surface area contributed by atoms with E-state index in [4.69, 9.17) is 4.74 Å². The van der Waals surface area contributed by atoms with Crippen LogP contribution in [0.4, 0.5) is 10.1 Å². The van der Waals surface area contributed by atoms with Gasteiger partial charge in [0.25, 0.3) is 0 Å². The molecule has 0 unspecified atom stereocenters. The molecular formula is C13H16FNO2. The van der Waals surface area contributed by atoms with Gasteiger partial charge < -0.3 is 9.64 Å². The van der Waals surface area contributed by atoms with Gasteiger partial charge in [-0.05, 0) is 38.0 Å². The topological polar surface area (TPSA) is 29.5 Å². The van der Waals surface area contributed by atoms with Gasteiger partial charge in [0.1, 0.15) is 5.82 Å². The maximum Gasteiger partial charge on any atom is 0.338 e. The van der Waals surface area contributed by atoms with Gasteiger partial charge in [-0.2, -0.15) is 0 Å². The van der Waals surface area contributed by atoms with Crippen molar-refractivity contribution in [3.63, 3.8) is 0 Å². The lowest BCUT2D eigenvalue weighted by atomic mass is 10.2. The van der Waals surface area contributed by atoms with Gasteiger partial charge in [-0.15, -0.1) is 0 Å². The molecule has 3 nitrogen and oxygen atoms in total. The summed E-state index contributed by atoms with van der Waals surface area (Å²) in [5.41, 5.74) is 1.05. The second-order valence-electron chi connectivity index (χ2n) is 4.11. The molecule has 0 atom stereocenters. The second-order valence-corrected chi connectivity index (χ2v) is 4.11. The first kappa shape index (κ1) is 11.9. The van der Waals surface area contributed by atoms with Crippen molar-refractivity contribution in [1.29, 1.82) is 0 Å². The summed E-state index contributed by atoms with van der Waals surface area (Å²) in [6.45, 7) is 3.88. The zero-order valence-corrected chi connectivity index (χ0v) is 9.91. The molecule has 2 rings (SSSR count). The van der Waals surface area contributed by atoms with Crippen LogP contribution in [0.1, 0.15) is 30.1 Å². The van der Waals surface area contributed by atoms with Crippen LogP contribution in [0.15, 0.2) is 18.2 Å². The highest BCUT2D eigenvalue weighted by Crippen LogP contribution is 2.23. The van der Waals surface area contributed by atoms with Crippen molar-refractivity contribution in [2.24, 2.45) is 0 Å². The lowest BCUT2D eigenvalue weighted by molar-refractivity contribution is 0.0526. The molecule has 0 saturated carbocycles. The Balaban J connectivity index is 2.25. The number of esters is 1. The van der Waals surface area contributed by atoms with Crippen LogP contribution in [0.5, 0.6) is 0 Å². The lowest BCUT2D eigenvalue weighted by Crippen LogP contribution is -2.18. The summed E-state index contributed by atoms with van der Waals surface area (Å²) in [6.07, 6.45) is 2.23. The molecule has 0 aromatic heterocycles. The second kappa shape index (κ2) is 5.17. The third-order valence-electron chi connectivity index (χ3n) is 2.86. The van der Waals surface area contributed by atoms with Crippen LogP contribution in [-0.4, -0.2) is 25.7 Å². The maximum atomic E-state index is 13.4. The zero-order valence-electron chi connectivity index (χ0n) is 9.91. The Morgan fingerprint density at radius 1 is 1.35 bits per heavy atom. The third-order valence-corrected chi connectivity index (χ3v) is 2.86. The number of carbonyl (C=O) groups excluding carboxylic acids is 1. The van der Waals surface area contributed by atoms with Crippen LogP contribution in [0, 0.1) is 5.82 Å². The molecule has 1 aromatic rings. The highest BCUT2D eigenvalue weighted by Gasteiger charge is 2.16. The Morgan fingerprint density at radius 3 is 2.71 bits per heavy atom. The highest BCUT2D eigenvalue weighted by atomic mass is 19.1. The van der Waals surface area contributed by atoms with E-state index in [0.717, 1.165) is 31.6 Å². The Morgan fingerprint density at radius 2 is 2.06 bits per heavy atom. The average Bonchev–Trinajstić information content (AvgIpc) is 2.82. The summed E-state index contributed by atoms with van der Waals surface area (Å²) >= 11 is 0. The molecule has 0 N–H and O–H groups in total. The molecule has 0 spiro atoms. The summed E-state index contributed by atoms with van der Waals surface area (Å²) in [4.78, 5) is 13.6. The fraction of sp³-hybridized carbons (Fsp3) is 0.462. The van der Waals surface area contributed by atoms with Crippen LogP contribution in [0.3, 0.4) is 0 Å². The molecular weight excluding hydrogens is 221 g/mol. The van der Waals surface area contributed by atoms with Gasteiger partial charge in [0.2, 0.25) is 0 Å². The number of halogens is 1. The van der Waals surface area contributed by atoms with E-state index in [9.17, 15) is 9.18 Å². The summed E-state index contributed by atoms with van der Waals surface area (Å²) in [5, 5.41) is 0. The molecule has 1 saturated heterocycles. The molecule has 0 aliphatic carbocycles. The number of rotatable bonds is 3. The van der Waals surface area contributed by atoms with Crippen molar-refractivity contribution in [1.82, 2.24) is 0 Å². The van der Waals surface area contributed by atoms with Gasteiger partial charge >= 0.3 is 5.97 Å². The molecule has 1 aliphatic rings. The maximum absolute atomic E-state index is 13.4. The molecule has 0 radical (unpaired) electrons. The van der Waals surface area contributed by atoms with Crippen LogP contribution < -0.4 is 4.90 Å². The Kier molecular flexibility index (Phi) is 3.61. The first-order chi connectivity index (χ1) is 8.20. The predicted octanol–water partition coefficient (Wildman–Crippen LogP) is 2.60. The first-order valence-corrected chi connectivity index (χ1v) is 5.93. The summed E-state index contributed by atoms with van der Waals surface area (Å²) in [5.74, 6) is -0.857. The highest BCUT2D eigenvalue weighted by molar-refractivity contribution is 5.90. The number of hydrogen-bond donors (Lipinski definition) is 0. The normalized spacial score (nSPS) is 15.1. The van der Waals surface area contributed by atoms with Gasteiger partial charge in [-0.25, -0.2) is 9.18 Å². The van der Waals surface area contributed by atoms with Crippen molar-refractivity contribution in [3.8, 4) is 0 Å². The Labute approximate surface area is 100 Å². The fourth-order valence-corrected chi connectivity index (χ4v) is 2.06. The van der Waals surface area contributed by atoms with E-state index in [1.807, 2.05) is 0 Å². The van der Waals surface area contributed by atoms with Crippen molar-refractivity contribution >= 4 is 11.7 Å². The molecule has 92 valence electrons. The zero-order chi connectivity index (χ0) is 12.3. The standard InChI is InChI=1S/C13H16FNO2/c1-2-17-13(16)10-7-11(14)9-12(8-10)15-5-3-4-6-15/h7-9H,2-6H2,1H3. The third kappa shape index (κ3) is 2.75. The van der Waals surface area contributed by atoms with E-state index in [1.54, 1.807) is 13.0 Å². The molecule has 4 heteroatoms. The molecule has 17 heavy (non-hydrogen) atoms. The fourth-order valence-electron chi connectivity index (χ4n) is 2.06. The lowest BCUT2D eigenvalue weighted by Gasteiger charge is -2.18. The number of ether oxygens (including phenoxy) is 1. The quantitative estimate of drug-likeness (QED) is 0.757. The molecule has 1 aliphatic heterocycles. The van der Waals surface area contributed by atoms with Crippen molar-refractivity contribution < 1.29 is 13.9 Å². The SMILES string of the molecule is CCOC(=O)c1cc(F)cc(N2CCCC2)c1. The largest absolute Gasteiger partial charge is 0.462 e. The molecule has 1 heterocycles. The van der Waals surface area contributed by atoms with E-state index < -0.39 is 11.8 Å². The van der Waals surface area contributed by atoms with E-state index in [0.29, 0.717) is 6.61 Å². The van der Waals surface area contributed by atoms with Gasteiger partial charge in [-0.1, -0.05) is 0 Å². The molecule has 0 bridgehead atoms. The molecule has 0 amide bonds. The van der Waals surface area contributed by atoms with Gasteiger partial charge in [0.05, 0.1) is 12.2 Å².